The number of benzene rings is 1. The van der Waals surface area contributed by atoms with Gasteiger partial charge in [0.25, 0.3) is 15.9 Å². The van der Waals surface area contributed by atoms with Crippen molar-refractivity contribution >= 4 is 38.2 Å². The van der Waals surface area contributed by atoms with Crippen molar-refractivity contribution in [1.29, 1.82) is 0 Å². The Balaban J connectivity index is 1.72. The molecular formula is C20H25N3O3S2. The average molecular weight is 420 g/mol. The van der Waals surface area contributed by atoms with Crippen LogP contribution in [-0.2, 0) is 16.6 Å². The van der Waals surface area contributed by atoms with Crippen LogP contribution in [0.2, 0.25) is 0 Å². The first-order chi connectivity index (χ1) is 13.3. The van der Waals surface area contributed by atoms with E-state index in [2.05, 4.69) is 10.3 Å². The van der Waals surface area contributed by atoms with Gasteiger partial charge in [0.05, 0.1) is 6.54 Å². The van der Waals surface area contributed by atoms with Crippen molar-refractivity contribution in [2.75, 3.05) is 13.1 Å². The predicted molar refractivity (Wildman–Crippen MR) is 113 cm³/mol. The molecular weight excluding hydrogens is 394 g/mol. The molecule has 1 amide bonds. The van der Waals surface area contributed by atoms with Crippen molar-refractivity contribution in [3.05, 3.63) is 52.0 Å². The van der Waals surface area contributed by atoms with Gasteiger partial charge in [-0.3, -0.25) is 4.79 Å². The summed E-state index contributed by atoms with van der Waals surface area (Å²) in [5, 5.41) is 3.92. The third-order valence-corrected chi connectivity index (χ3v) is 8.53. The van der Waals surface area contributed by atoms with Gasteiger partial charge in [0, 0.05) is 40.1 Å². The van der Waals surface area contributed by atoms with E-state index in [1.165, 1.54) is 15.6 Å². The molecule has 2 N–H and O–H groups in total. The van der Waals surface area contributed by atoms with Gasteiger partial charge in [-0.25, -0.2) is 8.42 Å². The van der Waals surface area contributed by atoms with E-state index in [-0.39, 0.29) is 5.91 Å². The second-order valence-corrected chi connectivity index (χ2v) is 9.96. The molecule has 0 atom stereocenters. The molecule has 0 bridgehead atoms. The number of aryl methyl sites for hydroxylation is 2. The van der Waals surface area contributed by atoms with E-state index in [1.54, 1.807) is 18.2 Å². The zero-order valence-corrected chi connectivity index (χ0v) is 18.1. The lowest BCUT2D eigenvalue weighted by molar-refractivity contribution is 0.0951. The van der Waals surface area contributed by atoms with Crippen LogP contribution < -0.4 is 5.32 Å². The summed E-state index contributed by atoms with van der Waals surface area (Å²) in [6.07, 6.45) is 0. The van der Waals surface area contributed by atoms with Crippen LogP contribution in [0, 0.1) is 13.8 Å². The largest absolute Gasteiger partial charge is 0.358 e. The number of carbonyl (C=O) groups is 1. The van der Waals surface area contributed by atoms with Crippen molar-refractivity contribution in [3.63, 3.8) is 0 Å². The smallest absolute Gasteiger partial charge is 0.252 e. The minimum atomic E-state index is -3.46. The fourth-order valence-corrected chi connectivity index (χ4v) is 6.06. The van der Waals surface area contributed by atoms with E-state index in [0.717, 1.165) is 27.0 Å². The van der Waals surface area contributed by atoms with Crippen molar-refractivity contribution in [1.82, 2.24) is 14.6 Å². The highest BCUT2D eigenvalue weighted by Crippen LogP contribution is 2.25. The van der Waals surface area contributed by atoms with Crippen LogP contribution >= 0.6 is 11.3 Å². The Hall–Kier alpha value is -2.16. The standard InChI is InChI=1S/C20H25N3O3S2/c1-5-23(6-2)28(25,26)19-10-8-16(27-19)12-21-20(24)15-7-9-18-17(11-15)13(3)14(4)22-18/h7-11,22H,5-6,12H2,1-4H3,(H,21,24). The van der Waals surface area contributed by atoms with Gasteiger partial charge in [-0.15, -0.1) is 11.3 Å². The van der Waals surface area contributed by atoms with Crippen molar-refractivity contribution in [2.24, 2.45) is 0 Å². The topological polar surface area (TPSA) is 82.3 Å². The number of nitrogens with zero attached hydrogens (tertiary/aromatic N) is 1. The number of sulfonamides is 1. The molecule has 2 heterocycles. The Bertz CT molecular complexity index is 1110. The molecule has 0 aliphatic rings. The summed E-state index contributed by atoms with van der Waals surface area (Å²) in [4.78, 5) is 16.6. The maximum atomic E-state index is 12.6. The normalized spacial score (nSPS) is 12.0. The fourth-order valence-electron chi connectivity index (χ4n) is 3.15. The van der Waals surface area contributed by atoms with Crippen LogP contribution in [0.1, 0.15) is 40.3 Å². The third-order valence-electron chi connectivity index (χ3n) is 4.93. The molecule has 0 saturated heterocycles. The summed E-state index contributed by atoms with van der Waals surface area (Å²) in [7, 11) is -3.46. The highest BCUT2D eigenvalue weighted by Gasteiger charge is 2.23. The zero-order chi connectivity index (χ0) is 20.5. The minimum Gasteiger partial charge on any atom is -0.358 e. The number of nitrogens with one attached hydrogen (secondary N) is 2. The number of hydrogen-bond donors (Lipinski definition) is 2. The maximum absolute atomic E-state index is 12.6. The van der Waals surface area contributed by atoms with Gasteiger partial charge in [0.15, 0.2) is 0 Å². The predicted octanol–water partition coefficient (Wildman–Crippen LogP) is 3.81. The van der Waals surface area contributed by atoms with Gasteiger partial charge in [-0.1, -0.05) is 13.8 Å². The number of rotatable bonds is 7. The van der Waals surface area contributed by atoms with Crippen LogP contribution in [0.15, 0.2) is 34.5 Å². The number of thiophene rings is 1. The summed E-state index contributed by atoms with van der Waals surface area (Å²) in [6, 6.07) is 8.94. The second-order valence-electron chi connectivity index (χ2n) is 6.63. The van der Waals surface area contributed by atoms with Crippen LogP contribution in [0.25, 0.3) is 10.9 Å². The molecule has 0 aliphatic heterocycles. The van der Waals surface area contributed by atoms with Crippen LogP contribution in [0.3, 0.4) is 0 Å². The molecule has 0 radical (unpaired) electrons. The van der Waals surface area contributed by atoms with Crippen molar-refractivity contribution in [2.45, 2.75) is 38.4 Å². The van der Waals surface area contributed by atoms with Gasteiger partial charge in [0.2, 0.25) is 0 Å². The quantitative estimate of drug-likeness (QED) is 0.611. The minimum absolute atomic E-state index is 0.179. The Morgan fingerprint density at radius 3 is 2.54 bits per heavy atom. The monoisotopic (exact) mass is 419 g/mol. The number of carbonyl (C=O) groups excluding carboxylic acids is 1. The molecule has 0 aliphatic carbocycles. The molecule has 6 nitrogen and oxygen atoms in total. The number of aromatic amines is 1. The lowest BCUT2D eigenvalue weighted by atomic mass is 10.1. The highest BCUT2D eigenvalue weighted by molar-refractivity contribution is 7.91. The number of amides is 1. The summed E-state index contributed by atoms with van der Waals surface area (Å²) in [5.74, 6) is -0.179. The van der Waals surface area contributed by atoms with Gasteiger partial charge in [-0.05, 0) is 49.7 Å². The van der Waals surface area contributed by atoms with Crippen molar-refractivity contribution < 1.29 is 13.2 Å². The summed E-state index contributed by atoms with van der Waals surface area (Å²) in [6.45, 7) is 8.84. The third kappa shape index (κ3) is 3.85. The van der Waals surface area contributed by atoms with E-state index in [9.17, 15) is 13.2 Å². The number of aromatic nitrogens is 1. The number of hydrogen-bond acceptors (Lipinski definition) is 4. The van der Waals surface area contributed by atoms with Crippen molar-refractivity contribution in [3.8, 4) is 0 Å². The SMILES string of the molecule is CCN(CC)S(=O)(=O)c1ccc(CNC(=O)c2ccc3[nH]c(C)c(C)c3c2)s1. The molecule has 8 heteroatoms. The molecule has 0 spiro atoms. The Morgan fingerprint density at radius 1 is 1.14 bits per heavy atom. The first kappa shape index (κ1) is 20.6. The average Bonchev–Trinajstić information content (AvgIpc) is 3.26. The van der Waals surface area contributed by atoms with Gasteiger partial charge < -0.3 is 10.3 Å². The molecule has 2 aromatic heterocycles. The molecule has 3 rings (SSSR count). The first-order valence-corrected chi connectivity index (χ1v) is 11.5. The molecule has 1 aromatic carbocycles. The van der Waals surface area contributed by atoms with E-state index >= 15 is 0 Å². The lowest BCUT2D eigenvalue weighted by Crippen LogP contribution is -2.30. The molecule has 3 aromatic rings. The lowest BCUT2D eigenvalue weighted by Gasteiger charge is -2.16. The second kappa shape index (κ2) is 8.06. The summed E-state index contributed by atoms with van der Waals surface area (Å²) in [5.41, 5.74) is 3.82. The summed E-state index contributed by atoms with van der Waals surface area (Å²) >= 11 is 1.20. The van der Waals surface area contributed by atoms with Crippen LogP contribution in [0.4, 0.5) is 0 Å². The van der Waals surface area contributed by atoms with Gasteiger partial charge in [-0.2, -0.15) is 4.31 Å². The molecule has 0 fully saturated rings. The molecule has 0 saturated carbocycles. The van der Waals surface area contributed by atoms with E-state index in [1.807, 2.05) is 39.8 Å². The summed E-state index contributed by atoms with van der Waals surface area (Å²) < 4.78 is 26.9. The zero-order valence-electron chi connectivity index (χ0n) is 16.5. The van der Waals surface area contributed by atoms with E-state index in [4.69, 9.17) is 0 Å². The number of H-pyrrole nitrogens is 1. The van der Waals surface area contributed by atoms with E-state index in [0.29, 0.717) is 29.4 Å². The molecule has 28 heavy (non-hydrogen) atoms. The molecule has 150 valence electrons. The Kier molecular flexibility index (Phi) is 5.92. The fraction of sp³-hybridized carbons (Fsp3) is 0.350. The highest BCUT2D eigenvalue weighted by atomic mass is 32.2. The van der Waals surface area contributed by atoms with Gasteiger partial charge >= 0.3 is 0 Å². The van der Waals surface area contributed by atoms with Gasteiger partial charge in [0.1, 0.15) is 4.21 Å². The van der Waals surface area contributed by atoms with Crippen LogP contribution in [0.5, 0.6) is 0 Å². The van der Waals surface area contributed by atoms with E-state index < -0.39 is 10.0 Å². The molecule has 0 unspecified atom stereocenters. The Morgan fingerprint density at radius 2 is 1.86 bits per heavy atom. The number of fused-ring (bicyclic) bond motifs is 1. The maximum Gasteiger partial charge on any atom is 0.252 e. The van der Waals surface area contributed by atoms with Crippen LogP contribution in [-0.4, -0.2) is 36.7 Å². The first-order valence-electron chi connectivity index (χ1n) is 9.23. The Labute approximate surface area is 169 Å².